The van der Waals surface area contributed by atoms with E-state index in [4.69, 9.17) is 11.6 Å². The van der Waals surface area contributed by atoms with E-state index in [9.17, 15) is 33.8 Å². The summed E-state index contributed by atoms with van der Waals surface area (Å²) in [7, 11) is 0. The van der Waals surface area contributed by atoms with Gasteiger partial charge in [-0.25, -0.2) is 9.18 Å². The quantitative estimate of drug-likeness (QED) is 0.0539. The Kier molecular flexibility index (Phi) is 11.1. The highest BCUT2D eigenvalue weighted by Crippen LogP contribution is 2.37. The Bertz CT molecular complexity index is 2020. The van der Waals surface area contributed by atoms with Crippen LogP contribution in [0.3, 0.4) is 0 Å². The van der Waals surface area contributed by atoms with E-state index in [-0.39, 0.29) is 33.1 Å². The number of carboxylic acid groups (broad SMARTS) is 1. The molecule has 5 aromatic carbocycles. The number of carbonyl (C=O) groups excluding carboxylic acids is 3. The normalized spacial score (nSPS) is 11.7. The lowest BCUT2D eigenvalue weighted by atomic mass is 10.1. The largest absolute Gasteiger partial charge is 0.507 e. The van der Waals surface area contributed by atoms with Crippen molar-refractivity contribution in [3.8, 4) is 5.75 Å². The average Bonchev–Trinajstić information content (AvgIpc) is 3.10. The number of thioether (sulfide) groups is 1. The van der Waals surface area contributed by atoms with Crippen LogP contribution < -0.4 is 16.0 Å². The van der Waals surface area contributed by atoms with Crippen molar-refractivity contribution in [3.63, 3.8) is 0 Å². The zero-order valence-corrected chi connectivity index (χ0v) is 27.0. The van der Waals surface area contributed by atoms with E-state index in [0.29, 0.717) is 16.1 Å². The zero-order valence-electron chi connectivity index (χ0n) is 25.4. The molecule has 12 heteroatoms. The molecule has 0 aromatic heterocycles. The van der Waals surface area contributed by atoms with E-state index >= 15 is 0 Å². The Morgan fingerprint density at radius 2 is 1.43 bits per heavy atom. The standard InChI is InChI=1S/C37H27ClFN3O6S/c38-29-12-7-13-30(39)27(29)21-31(42-34(44)23-10-5-2-6-11-23)35(45)40-24-14-17-26(18-15-24)49-33(22-8-3-1-4-9-22)36(46)41-25-16-19-32(43)28(20-25)37(47)48/h1-21,33,43H,(H,40,45)(H,41,46)(H,42,44)(H,47,48)/b31-21-. The van der Waals surface area contributed by atoms with E-state index < -0.39 is 40.5 Å². The number of anilines is 2. The highest BCUT2D eigenvalue weighted by molar-refractivity contribution is 8.00. The van der Waals surface area contributed by atoms with Crippen LogP contribution >= 0.6 is 23.4 Å². The summed E-state index contributed by atoms with van der Waals surface area (Å²) in [6, 6.07) is 31.6. The van der Waals surface area contributed by atoms with Crippen molar-refractivity contribution in [2.45, 2.75) is 10.1 Å². The molecule has 5 aromatic rings. The second kappa shape index (κ2) is 15.8. The minimum absolute atomic E-state index is 0.0467. The van der Waals surface area contributed by atoms with Gasteiger partial charge in [0.1, 0.15) is 28.1 Å². The van der Waals surface area contributed by atoms with Crippen molar-refractivity contribution < 1.29 is 33.8 Å². The van der Waals surface area contributed by atoms with E-state index in [1.165, 1.54) is 48.2 Å². The van der Waals surface area contributed by atoms with Crippen LogP contribution in [-0.4, -0.2) is 33.9 Å². The summed E-state index contributed by atoms with van der Waals surface area (Å²) in [5.74, 6) is -4.21. The van der Waals surface area contributed by atoms with Gasteiger partial charge in [0.25, 0.3) is 11.8 Å². The van der Waals surface area contributed by atoms with Crippen LogP contribution in [0.25, 0.3) is 6.08 Å². The van der Waals surface area contributed by atoms with Crippen molar-refractivity contribution in [3.05, 3.63) is 160 Å². The lowest BCUT2D eigenvalue weighted by Crippen LogP contribution is -2.30. The summed E-state index contributed by atoms with van der Waals surface area (Å²) >= 11 is 7.41. The molecular weight excluding hydrogens is 669 g/mol. The number of halogens is 2. The number of hydrogen-bond acceptors (Lipinski definition) is 6. The predicted molar refractivity (Wildman–Crippen MR) is 187 cm³/mol. The van der Waals surface area contributed by atoms with Crippen LogP contribution in [0.1, 0.15) is 37.1 Å². The summed E-state index contributed by atoms with van der Waals surface area (Å²) in [4.78, 5) is 52.0. The fourth-order valence-corrected chi connectivity index (χ4v) is 5.82. The Hall–Kier alpha value is -5.91. The van der Waals surface area contributed by atoms with Gasteiger partial charge in [-0.3, -0.25) is 14.4 Å². The van der Waals surface area contributed by atoms with Crippen molar-refractivity contribution in [2.75, 3.05) is 10.6 Å². The van der Waals surface area contributed by atoms with Gasteiger partial charge in [-0.1, -0.05) is 66.2 Å². The van der Waals surface area contributed by atoms with Gasteiger partial charge in [0.15, 0.2) is 0 Å². The van der Waals surface area contributed by atoms with Gasteiger partial charge in [-0.15, -0.1) is 11.8 Å². The van der Waals surface area contributed by atoms with Gasteiger partial charge in [0, 0.05) is 27.4 Å². The number of phenols is 1. The van der Waals surface area contributed by atoms with Crippen molar-refractivity contribution >= 4 is 64.5 Å². The van der Waals surface area contributed by atoms with Crippen molar-refractivity contribution in [2.24, 2.45) is 0 Å². The molecule has 9 nitrogen and oxygen atoms in total. The molecule has 0 saturated carbocycles. The van der Waals surface area contributed by atoms with Crippen LogP contribution in [-0.2, 0) is 9.59 Å². The lowest BCUT2D eigenvalue weighted by molar-refractivity contribution is -0.116. The number of rotatable bonds is 11. The molecule has 0 radical (unpaired) electrons. The smallest absolute Gasteiger partial charge is 0.339 e. The lowest BCUT2D eigenvalue weighted by Gasteiger charge is -2.18. The van der Waals surface area contributed by atoms with Gasteiger partial charge in [0.2, 0.25) is 5.91 Å². The maximum absolute atomic E-state index is 14.6. The fraction of sp³-hybridized carbons (Fsp3) is 0.0270. The van der Waals surface area contributed by atoms with Crippen molar-refractivity contribution in [1.82, 2.24) is 5.32 Å². The van der Waals surface area contributed by atoms with E-state index in [2.05, 4.69) is 16.0 Å². The summed E-state index contributed by atoms with van der Waals surface area (Å²) < 4.78 is 14.6. The first-order valence-corrected chi connectivity index (χ1v) is 15.9. The monoisotopic (exact) mass is 695 g/mol. The first kappa shape index (κ1) is 34.4. The first-order valence-electron chi connectivity index (χ1n) is 14.6. The number of aromatic hydroxyl groups is 1. The maximum Gasteiger partial charge on any atom is 0.339 e. The third-order valence-electron chi connectivity index (χ3n) is 7.02. The van der Waals surface area contributed by atoms with E-state index in [1.54, 1.807) is 78.9 Å². The molecule has 0 aliphatic carbocycles. The molecule has 0 saturated heterocycles. The molecule has 0 aliphatic rings. The minimum atomic E-state index is -1.34. The van der Waals surface area contributed by atoms with Gasteiger partial charge in [0.05, 0.1) is 5.02 Å². The maximum atomic E-state index is 14.6. The second-order valence-corrected chi connectivity index (χ2v) is 12.0. The minimum Gasteiger partial charge on any atom is -0.507 e. The van der Waals surface area contributed by atoms with Gasteiger partial charge in [-0.05, 0) is 78.4 Å². The number of carbonyl (C=O) groups is 4. The summed E-state index contributed by atoms with van der Waals surface area (Å²) in [6.45, 7) is 0. The highest BCUT2D eigenvalue weighted by atomic mass is 35.5. The van der Waals surface area contributed by atoms with Gasteiger partial charge >= 0.3 is 5.97 Å². The average molecular weight is 696 g/mol. The highest BCUT2D eigenvalue weighted by Gasteiger charge is 2.23. The molecule has 49 heavy (non-hydrogen) atoms. The Morgan fingerprint density at radius 1 is 0.776 bits per heavy atom. The molecule has 0 heterocycles. The number of carboxylic acids is 1. The van der Waals surface area contributed by atoms with Crippen LogP contribution in [0.2, 0.25) is 5.02 Å². The summed E-state index contributed by atoms with van der Waals surface area (Å²) in [5, 5.41) is 26.4. The molecule has 3 amide bonds. The number of hydrogen-bond donors (Lipinski definition) is 5. The molecule has 0 aliphatic heterocycles. The number of aromatic carboxylic acids is 1. The SMILES string of the molecule is O=C(Nc1ccc(SC(C(=O)Nc2ccc(O)c(C(=O)O)c2)c2ccccc2)cc1)/C(=C/c1c(F)cccc1Cl)NC(=O)c1ccccc1. The Balaban J connectivity index is 1.35. The molecule has 5 rings (SSSR count). The number of benzene rings is 5. The summed E-state index contributed by atoms with van der Waals surface area (Å²) in [5.41, 5.74) is 0.822. The Labute approximate surface area is 289 Å². The second-order valence-electron chi connectivity index (χ2n) is 10.4. The molecule has 5 N–H and O–H groups in total. The zero-order chi connectivity index (χ0) is 34.9. The molecule has 1 unspecified atom stereocenters. The first-order chi connectivity index (χ1) is 23.6. The van der Waals surface area contributed by atoms with Crippen LogP contribution in [0.5, 0.6) is 5.75 Å². The van der Waals surface area contributed by atoms with Gasteiger partial charge in [-0.2, -0.15) is 0 Å². The van der Waals surface area contributed by atoms with Crippen LogP contribution in [0.4, 0.5) is 15.8 Å². The third-order valence-corrected chi connectivity index (χ3v) is 8.61. The number of nitrogens with one attached hydrogen (secondary N) is 3. The van der Waals surface area contributed by atoms with Crippen LogP contribution in [0.15, 0.2) is 132 Å². The molecule has 0 fully saturated rings. The molecule has 0 bridgehead atoms. The molecular formula is C37H27ClFN3O6S. The van der Waals surface area contributed by atoms with Crippen LogP contribution in [0, 0.1) is 5.82 Å². The summed E-state index contributed by atoms with van der Waals surface area (Å²) in [6.07, 6.45) is 1.16. The van der Waals surface area contributed by atoms with Gasteiger partial charge < -0.3 is 26.2 Å². The molecule has 246 valence electrons. The van der Waals surface area contributed by atoms with E-state index in [0.717, 1.165) is 6.08 Å². The molecule has 1 atom stereocenters. The topological polar surface area (TPSA) is 145 Å². The molecule has 0 spiro atoms. The fourth-order valence-electron chi connectivity index (χ4n) is 4.58. The Morgan fingerprint density at radius 3 is 2.08 bits per heavy atom. The predicted octanol–water partition coefficient (Wildman–Crippen LogP) is 7.76. The number of amides is 3. The van der Waals surface area contributed by atoms with Crippen molar-refractivity contribution in [1.29, 1.82) is 0 Å². The third kappa shape index (κ3) is 8.92. The van der Waals surface area contributed by atoms with E-state index in [1.807, 2.05) is 6.07 Å².